The Bertz CT molecular complexity index is 517. The number of hydrogen-bond donors (Lipinski definition) is 1. The summed E-state index contributed by atoms with van der Waals surface area (Å²) in [6.45, 7) is 4.96. The summed E-state index contributed by atoms with van der Waals surface area (Å²) in [5.41, 5.74) is 8.32. The van der Waals surface area contributed by atoms with Crippen LogP contribution in [0.1, 0.15) is 30.9 Å². The van der Waals surface area contributed by atoms with Crippen LogP contribution in [0.25, 0.3) is 10.8 Å². The van der Waals surface area contributed by atoms with Gasteiger partial charge in [-0.05, 0) is 39.9 Å². The first kappa shape index (κ1) is 11.4. The van der Waals surface area contributed by atoms with Crippen LogP contribution in [0.3, 0.4) is 0 Å². The number of fused-ring (bicyclic) bond motifs is 1. The van der Waals surface area contributed by atoms with Gasteiger partial charge in [-0.25, -0.2) is 0 Å². The van der Waals surface area contributed by atoms with Crippen molar-refractivity contribution in [2.75, 3.05) is 0 Å². The summed E-state index contributed by atoms with van der Waals surface area (Å²) in [6.07, 6.45) is 0. The van der Waals surface area contributed by atoms with Crippen molar-refractivity contribution in [3.8, 4) is 0 Å². The van der Waals surface area contributed by atoms with E-state index in [9.17, 15) is 0 Å². The summed E-state index contributed by atoms with van der Waals surface area (Å²) >= 11 is 6.06. The molecule has 16 heavy (non-hydrogen) atoms. The SMILES string of the molecule is CC(C)c1c(CN)ccc2ccc(Cl)cc12. The third-order valence-electron chi connectivity index (χ3n) is 2.91. The molecule has 2 heteroatoms. The van der Waals surface area contributed by atoms with Crippen LogP contribution in [0.5, 0.6) is 0 Å². The van der Waals surface area contributed by atoms with E-state index in [1.165, 1.54) is 21.9 Å². The van der Waals surface area contributed by atoms with Gasteiger partial charge in [-0.2, -0.15) is 0 Å². The largest absolute Gasteiger partial charge is 0.326 e. The molecule has 0 aliphatic carbocycles. The average molecular weight is 234 g/mol. The zero-order valence-electron chi connectivity index (χ0n) is 9.63. The standard InChI is InChI=1S/C14H16ClN/c1-9(2)14-11(8-16)4-3-10-5-6-12(15)7-13(10)14/h3-7,9H,8,16H2,1-2H3. The lowest BCUT2D eigenvalue weighted by atomic mass is 9.91. The highest BCUT2D eigenvalue weighted by molar-refractivity contribution is 6.31. The van der Waals surface area contributed by atoms with E-state index in [-0.39, 0.29) is 0 Å². The van der Waals surface area contributed by atoms with Crippen LogP contribution in [0, 0.1) is 0 Å². The molecule has 0 unspecified atom stereocenters. The molecule has 0 radical (unpaired) electrons. The number of hydrogen-bond acceptors (Lipinski definition) is 1. The molecule has 1 nitrogen and oxygen atoms in total. The lowest BCUT2D eigenvalue weighted by Crippen LogP contribution is -2.03. The second kappa shape index (κ2) is 4.44. The minimum absolute atomic E-state index is 0.459. The lowest BCUT2D eigenvalue weighted by Gasteiger charge is -2.15. The molecule has 0 aromatic heterocycles. The predicted molar refractivity (Wildman–Crippen MR) is 70.9 cm³/mol. The molecule has 0 fully saturated rings. The first-order chi connectivity index (χ1) is 7.63. The van der Waals surface area contributed by atoms with Crippen molar-refractivity contribution in [2.45, 2.75) is 26.3 Å². The molecule has 2 aromatic rings. The van der Waals surface area contributed by atoms with Gasteiger partial charge < -0.3 is 5.73 Å². The molecule has 0 saturated heterocycles. The van der Waals surface area contributed by atoms with Crippen LogP contribution in [0.4, 0.5) is 0 Å². The molecule has 0 aliphatic rings. The van der Waals surface area contributed by atoms with Crippen LogP contribution >= 0.6 is 11.6 Å². The number of benzene rings is 2. The number of nitrogens with two attached hydrogens (primary N) is 1. The normalized spacial score (nSPS) is 11.3. The van der Waals surface area contributed by atoms with Gasteiger partial charge >= 0.3 is 0 Å². The Kier molecular flexibility index (Phi) is 3.17. The maximum atomic E-state index is 6.06. The highest BCUT2D eigenvalue weighted by atomic mass is 35.5. The fourth-order valence-corrected chi connectivity index (χ4v) is 2.39. The highest BCUT2D eigenvalue weighted by Crippen LogP contribution is 2.30. The van der Waals surface area contributed by atoms with Gasteiger partial charge in [0.1, 0.15) is 0 Å². The Morgan fingerprint density at radius 1 is 1.19 bits per heavy atom. The first-order valence-electron chi connectivity index (χ1n) is 5.54. The quantitative estimate of drug-likeness (QED) is 0.831. The van der Waals surface area contributed by atoms with Gasteiger partial charge in [0.25, 0.3) is 0 Å². The monoisotopic (exact) mass is 233 g/mol. The van der Waals surface area contributed by atoms with Crippen LogP contribution in [0.2, 0.25) is 5.02 Å². The molecular formula is C14H16ClN. The molecule has 84 valence electrons. The third kappa shape index (κ3) is 1.93. The fourth-order valence-electron chi connectivity index (χ4n) is 2.22. The van der Waals surface area contributed by atoms with Crippen molar-refractivity contribution in [2.24, 2.45) is 5.73 Å². The van der Waals surface area contributed by atoms with Crippen molar-refractivity contribution in [1.29, 1.82) is 0 Å². The zero-order chi connectivity index (χ0) is 11.7. The molecule has 0 bridgehead atoms. The van der Waals surface area contributed by atoms with Gasteiger partial charge in [0, 0.05) is 11.6 Å². The fraction of sp³-hybridized carbons (Fsp3) is 0.286. The predicted octanol–water partition coefficient (Wildman–Crippen LogP) is 4.08. The van der Waals surface area contributed by atoms with Gasteiger partial charge in [0.05, 0.1) is 0 Å². The van der Waals surface area contributed by atoms with Crippen LogP contribution in [-0.2, 0) is 6.54 Å². The van der Waals surface area contributed by atoms with E-state index < -0.39 is 0 Å². The van der Waals surface area contributed by atoms with E-state index in [0.717, 1.165) is 5.02 Å². The first-order valence-corrected chi connectivity index (χ1v) is 5.92. The van der Waals surface area contributed by atoms with Crippen LogP contribution in [-0.4, -0.2) is 0 Å². The van der Waals surface area contributed by atoms with Crippen molar-refractivity contribution in [3.05, 3.63) is 46.5 Å². The second-order valence-electron chi connectivity index (χ2n) is 4.36. The average Bonchev–Trinajstić information content (AvgIpc) is 2.26. The van der Waals surface area contributed by atoms with E-state index in [4.69, 9.17) is 17.3 Å². The summed E-state index contributed by atoms with van der Waals surface area (Å²) < 4.78 is 0. The van der Waals surface area contributed by atoms with Crippen LogP contribution < -0.4 is 5.73 Å². The van der Waals surface area contributed by atoms with Crippen LogP contribution in [0.15, 0.2) is 30.3 Å². The van der Waals surface area contributed by atoms with Gasteiger partial charge in [0.2, 0.25) is 0 Å². The molecule has 0 atom stereocenters. The highest BCUT2D eigenvalue weighted by Gasteiger charge is 2.10. The van der Waals surface area contributed by atoms with Crippen molar-refractivity contribution >= 4 is 22.4 Å². The molecule has 2 N–H and O–H groups in total. The minimum Gasteiger partial charge on any atom is -0.326 e. The van der Waals surface area contributed by atoms with E-state index in [1.54, 1.807) is 0 Å². The van der Waals surface area contributed by atoms with Gasteiger partial charge in [-0.15, -0.1) is 0 Å². The van der Waals surface area contributed by atoms with E-state index in [0.29, 0.717) is 12.5 Å². The number of halogens is 1. The second-order valence-corrected chi connectivity index (χ2v) is 4.80. The molecule has 0 saturated carbocycles. The molecule has 0 aliphatic heterocycles. The van der Waals surface area contributed by atoms with Crippen molar-refractivity contribution < 1.29 is 0 Å². The van der Waals surface area contributed by atoms with E-state index in [1.807, 2.05) is 12.1 Å². The molecule has 0 amide bonds. The van der Waals surface area contributed by atoms with Crippen molar-refractivity contribution in [3.63, 3.8) is 0 Å². The summed E-state index contributed by atoms with van der Waals surface area (Å²) in [5.74, 6) is 0.459. The molecular weight excluding hydrogens is 218 g/mol. The third-order valence-corrected chi connectivity index (χ3v) is 3.15. The molecule has 0 spiro atoms. The van der Waals surface area contributed by atoms with E-state index >= 15 is 0 Å². The molecule has 2 aromatic carbocycles. The van der Waals surface area contributed by atoms with E-state index in [2.05, 4.69) is 32.0 Å². The van der Waals surface area contributed by atoms with Gasteiger partial charge in [0.15, 0.2) is 0 Å². The topological polar surface area (TPSA) is 26.0 Å². The Balaban J connectivity index is 2.81. The Morgan fingerprint density at radius 2 is 1.88 bits per heavy atom. The maximum Gasteiger partial charge on any atom is 0.0412 e. The minimum atomic E-state index is 0.459. The summed E-state index contributed by atoms with van der Waals surface area (Å²) in [6, 6.07) is 10.2. The smallest absolute Gasteiger partial charge is 0.0412 e. The Labute approximate surface area is 101 Å². The summed E-state index contributed by atoms with van der Waals surface area (Å²) in [7, 11) is 0. The summed E-state index contributed by atoms with van der Waals surface area (Å²) in [5, 5.41) is 3.24. The molecule has 0 heterocycles. The Morgan fingerprint density at radius 3 is 2.50 bits per heavy atom. The summed E-state index contributed by atoms with van der Waals surface area (Å²) in [4.78, 5) is 0. The lowest BCUT2D eigenvalue weighted by molar-refractivity contribution is 0.850. The maximum absolute atomic E-state index is 6.06. The Hall–Kier alpha value is -1.05. The number of rotatable bonds is 2. The zero-order valence-corrected chi connectivity index (χ0v) is 10.4. The van der Waals surface area contributed by atoms with Gasteiger partial charge in [-0.3, -0.25) is 0 Å². The molecule has 2 rings (SSSR count). The van der Waals surface area contributed by atoms with Crippen molar-refractivity contribution in [1.82, 2.24) is 0 Å². The van der Waals surface area contributed by atoms with Gasteiger partial charge in [-0.1, -0.05) is 43.6 Å².